The predicted octanol–water partition coefficient (Wildman–Crippen LogP) is 10.3. The maximum atomic E-state index is 12.4. The van der Waals surface area contributed by atoms with Gasteiger partial charge in [-0.1, -0.05) is 24.3 Å². The van der Waals surface area contributed by atoms with Crippen molar-refractivity contribution in [1.29, 1.82) is 0 Å². The molecule has 2 aromatic carbocycles. The first-order valence-electron chi connectivity index (χ1n) is 13.3. The Morgan fingerprint density at radius 1 is 0.480 bits per heavy atom. The third-order valence-electron chi connectivity index (χ3n) is 6.13. The van der Waals surface area contributed by atoms with Gasteiger partial charge >= 0.3 is 93.3 Å². The Balaban J connectivity index is 0.000000214. The Kier molecular flexibility index (Phi) is 12.9. The van der Waals surface area contributed by atoms with Crippen molar-refractivity contribution >= 4 is 5.97 Å². The van der Waals surface area contributed by atoms with Gasteiger partial charge in [0.1, 0.15) is 0 Å². The monoisotopic (exact) mass is 897 g/mol. The van der Waals surface area contributed by atoms with Crippen LogP contribution in [-0.4, -0.2) is 20.9 Å². The number of alkyl halides is 12. The molecule has 0 N–H and O–H groups in total. The zero-order valence-corrected chi connectivity index (χ0v) is 26.8. The molecule has 0 saturated heterocycles. The van der Waals surface area contributed by atoms with Crippen molar-refractivity contribution in [3.8, 4) is 22.5 Å². The van der Waals surface area contributed by atoms with E-state index < -0.39 is 52.9 Å². The minimum atomic E-state index is -4.49. The van der Waals surface area contributed by atoms with Crippen LogP contribution in [0.25, 0.3) is 22.5 Å². The molecule has 50 heavy (non-hydrogen) atoms. The van der Waals surface area contributed by atoms with Crippen LogP contribution >= 0.6 is 0 Å². The van der Waals surface area contributed by atoms with Crippen molar-refractivity contribution in [3.05, 3.63) is 138 Å². The first-order valence-corrected chi connectivity index (χ1v) is 14.3. The molecule has 0 spiro atoms. The van der Waals surface area contributed by atoms with Gasteiger partial charge in [0.05, 0.1) is 33.6 Å². The number of rotatable bonds is 3. The first kappa shape index (κ1) is 39.6. The van der Waals surface area contributed by atoms with Crippen molar-refractivity contribution in [3.63, 3.8) is 0 Å². The fourth-order valence-corrected chi connectivity index (χ4v) is 3.89. The second-order valence-corrected chi connectivity index (χ2v) is 10.1. The fourth-order valence-electron chi connectivity index (χ4n) is 3.64. The molecule has 5 aromatic rings. The van der Waals surface area contributed by atoms with E-state index >= 15 is 0 Å². The molecule has 266 valence electrons. The molecule has 0 saturated carbocycles. The summed E-state index contributed by atoms with van der Waals surface area (Å²) in [6, 6.07) is 17.1. The number of pyridine rings is 3. The van der Waals surface area contributed by atoms with Crippen molar-refractivity contribution < 1.29 is 80.2 Å². The molecule has 5 rings (SSSR count). The van der Waals surface area contributed by atoms with Crippen LogP contribution in [0.2, 0.25) is 0 Å². The topological polar surface area (TPSA) is 65.0 Å². The van der Waals surface area contributed by atoms with E-state index in [1.54, 1.807) is 24.4 Å². The van der Waals surface area contributed by atoms with Crippen LogP contribution in [-0.2, 0) is 47.5 Å². The van der Waals surface area contributed by atoms with Gasteiger partial charge in [0.2, 0.25) is 0 Å². The molecule has 5 nitrogen and oxygen atoms in total. The van der Waals surface area contributed by atoms with Crippen LogP contribution in [0.1, 0.15) is 32.7 Å². The van der Waals surface area contributed by atoms with E-state index in [2.05, 4.69) is 18.4 Å². The van der Waals surface area contributed by atoms with Crippen molar-refractivity contribution in [2.24, 2.45) is 0 Å². The Morgan fingerprint density at radius 2 is 0.840 bits per heavy atom. The van der Waals surface area contributed by atoms with Gasteiger partial charge in [0.15, 0.2) is 0 Å². The van der Waals surface area contributed by atoms with Gasteiger partial charge in [0, 0.05) is 23.5 Å². The maximum absolute atomic E-state index is 12.4. The summed E-state index contributed by atoms with van der Waals surface area (Å²) in [5, 5.41) is 0. The quantitative estimate of drug-likeness (QED) is 0.169. The van der Waals surface area contributed by atoms with E-state index in [1.165, 1.54) is 43.5 Å². The summed E-state index contributed by atoms with van der Waals surface area (Å²) in [5.41, 5.74) is -2.16. The first-order chi connectivity index (χ1) is 23.2. The number of carbonyl (C=O) groups excluding carboxylic acids is 1. The van der Waals surface area contributed by atoms with Crippen LogP contribution in [0.5, 0.6) is 0 Å². The molecule has 0 aliphatic rings. The van der Waals surface area contributed by atoms with Gasteiger partial charge in [-0.3, -0.25) is 9.97 Å². The molecule has 3 aromatic heterocycles. The van der Waals surface area contributed by atoms with Gasteiger partial charge in [-0.05, 0) is 48.5 Å². The van der Waals surface area contributed by atoms with E-state index in [9.17, 15) is 57.5 Å². The third-order valence-corrected chi connectivity index (χ3v) is 6.58. The Hall–Kier alpha value is -4.83. The summed E-state index contributed by atoms with van der Waals surface area (Å²) in [7, 11) is 0. The van der Waals surface area contributed by atoms with E-state index in [-0.39, 0.29) is 11.4 Å². The van der Waals surface area contributed by atoms with E-state index in [4.69, 9.17) is 0 Å². The standard InChI is InChI=1S/2C13H7F6N.C6H5NO2.Ir/c2*14-12(15,16)9-3-1-8(2-4-9)11-6-5-10(7-20-11)13(17,18)19;8-6(9)5-3-1-2-4-7-5;/h2*1-7H;1-4H,(H,8,9);/q;;;+1/p-1. The van der Waals surface area contributed by atoms with E-state index in [0.29, 0.717) is 29.2 Å². The number of aromatic nitrogens is 3. The molecule has 0 atom stereocenters. The van der Waals surface area contributed by atoms with Crippen molar-refractivity contribution in [2.45, 2.75) is 24.7 Å². The van der Waals surface area contributed by atoms with E-state index in [1.807, 2.05) is 0 Å². The van der Waals surface area contributed by atoms with Gasteiger partial charge < -0.3 is 0 Å². The third kappa shape index (κ3) is 11.7. The Labute approximate surface area is 285 Å². The zero-order valence-electron chi connectivity index (χ0n) is 24.4. The molecular weight excluding hydrogens is 879 g/mol. The summed E-state index contributed by atoms with van der Waals surface area (Å²) in [4.78, 5) is 21.7. The molecule has 0 radical (unpaired) electrons. The molecule has 0 bridgehead atoms. The molecule has 0 aliphatic heterocycles. The second-order valence-electron chi connectivity index (χ2n) is 9.58. The van der Waals surface area contributed by atoms with Crippen LogP contribution < -0.4 is 0 Å². The molecule has 3 heterocycles. The van der Waals surface area contributed by atoms with Crippen LogP contribution in [0.3, 0.4) is 0 Å². The predicted molar refractivity (Wildman–Crippen MR) is 149 cm³/mol. The summed E-state index contributed by atoms with van der Waals surface area (Å²) in [6.07, 6.45) is -15.1. The number of nitrogens with zero attached hydrogens (tertiary/aromatic N) is 3. The summed E-state index contributed by atoms with van der Waals surface area (Å²) in [6.45, 7) is 0. The number of hydrogen-bond donors (Lipinski definition) is 0. The number of halogens is 12. The van der Waals surface area contributed by atoms with E-state index in [0.717, 1.165) is 48.5 Å². The summed E-state index contributed by atoms with van der Waals surface area (Å²) in [5.74, 6) is -0.402. The molecule has 0 amide bonds. The number of hydrogen-bond acceptors (Lipinski definition) is 5. The summed E-state index contributed by atoms with van der Waals surface area (Å²) < 4.78 is 153. The van der Waals surface area contributed by atoms with Gasteiger partial charge in [-0.15, -0.1) is 0 Å². The molecule has 0 fully saturated rings. The van der Waals surface area contributed by atoms with Crippen molar-refractivity contribution in [2.75, 3.05) is 0 Å². The number of carbonyl (C=O) groups is 1. The fraction of sp³-hybridized carbons (Fsp3) is 0.125. The second kappa shape index (κ2) is 16.3. The Bertz CT molecular complexity index is 1590. The van der Waals surface area contributed by atoms with Gasteiger partial charge in [-0.2, -0.15) is 52.7 Å². The molecule has 18 heteroatoms. The molecular formula is C32H18F12IrN3O2. The van der Waals surface area contributed by atoms with Crippen molar-refractivity contribution in [1.82, 2.24) is 15.0 Å². The molecule has 0 aliphatic carbocycles. The number of benzene rings is 2. The molecule has 0 unspecified atom stereocenters. The summed E-state index contributed by atoms with van der Waals surface area (Å²) >= 11 is 1.33. The zero-order chi connectivity index (χ0) is 37.3. The van der Waals surface area contributed by atoms with Crippen LogP contribution in [0, 0.1) is 0 Å². The normalized spacial score (nSPS) is 11.8. The minimum absolute atomic E-state index is 0.173. The van der Waals surface area contributed by atoms with Gasteiger partial charge in [-0.25, -0.2) is 0 Å². The van der Waals surface area contributed by atoms with Crippen LogP contribution in [0.4, 0.5) is 52.7 Å². The SMILES string of the molecule is FC(F)(F)c1ccc(-c2ccc(C(F)(F)F)cn2)cc1.FC(F)(F)c1ccc(-c2ccc(C(F)(F)F)cn2)cc1.O=C([O][Ir])c1ccccn1. The van der Waals surface area contributed by atoms with Crippen LogP contribution in [0.15, 0.2) is 110 Å². The van der Waals surface area contributed by atoms with Gasteiger partial charge in [0.25, 0.3) is 0 Å². The Morgan fingerprint density at radius 3 is 1.10 bits per heavy atom. The average molecular weight is 897 g/mol. The average Bonchev–Trinajstić information content (AvgIpc) is 3.07.